The molecule has 0 saturated carbocycles. The Bertz CT molecular complexity index is 219. The molecule has 0 radical (unpaired) electrons. The lowest BCUT2D eigenvalue weighted by molar-refractivity contribution is -0.154. The van der Waals surface area contributed by atoms with E-state index in [-0.39, 0.29) is 11.6 Å². The molecule has 0 fully saturated rings. The van der Waals surface area contributed by atoms with E-state index in [4.69, 9.17) is 4.74 Å². The predicted octanol–water partition coefficient (Wildman–Crippen LogP) is 4.57. The van der Waals surface area contributed by atoms with Crippen molar-refractivity contribution in [3.63, 3.8) is 0 Å². The van der Waals surface area contributed by atoms with Crippen LogP contribution in [0.4, 0.5) is 0 Å². The fraction of sp³-hybridized carbons (Fsp3) is 0.933. The van der Waals surface area contributed by atoms with E-state index in [0.717, 1.165) is 24.7 Å². The van der Waals surface area contributed by atoms with Crippen molar-refractivity contribution in [1.29, 1.82) is 0 Å². The number of rotatable bonds is 8. The second kappa shape index (κ2) is 7.73. The van der Waals surface area contributed by atoms with E-state index in [1.807, 2.05) is 13.8 Å². The van der Waals surface area contributed by atoms with Crippen molar-refractivity contribution in [3.8, 4) is 0 Å². The molecule has 2 heteroatoms. The average molecular weight is 242 g/mol. The van der Waals surface area contributed by atoms with Gasteiger partial charge in [0.1, 0.15) is 5.60 Å². The summed E-state index contributed by atoms with van der Waals surface area (Å²) in [5, 5.41) is 0. The van der Waals surface area contributed by atoms with E-state index in [1.165, 1.54) is 26.2 Å². The van der Waals surface area contributed by atoms with Crippen LogP contribution >= 0.6 is 0 Å². The molecule has 17 heavy (non-hydrogen) atoms. The molecule has 0 amide bonds. The summed E-state index contributed by atoms with van der Waals surface area (Å²) in [6, 6.07) is 0. The minimum Gasteiger partial charge on any atom is -0.460 e. The van der Waals surface area contributed by atoms with E-state index in [2.05, 4.69) is 20.8 Å². The molecule has 0 heterocycles. The normalized spacial score (nSPS) is 13.8. The second-order valence-corrected chi connectivity index (χ2v) is 6.32. The molecular formula is C15H30O2. The number of carbonyl (C=O) groups excluding carboxylic acids is 1. The third-order valence-corrected chi connectivity index (χ3v) is 3.14. The van der Waals surface area contributed by atoms with Crippen LogP contribution in [0.25, 0.3) is 0 Å². The van der Waals surface area contributed by atoms with Crippen molar-refractivity contribution in [2.75, 3.05) is 0 Å². The van der Waals surface area contributed by atoms with Crippen LogP contribution in [-0.2, 0) is 9.53 Å². The Morgan fingerprint density at radius 2 is 1.71 bits per heavy atom. The van der Waals surface area contributed by atoms with Crippen LogP contribution in [0.1, 0.15) is 73.6 Å². The number of carbonyl (C=O) groups is 1. The molecule has 0 aliphatic rings. The minimum atomic E-state index is -0.307. The van der Waals surface area contributed by atoms with Gasteiger partial charge < -0.3 is 4.74 Å². The highest BCUT2D eigenvalue weighted by atomic mass is 16.6. The number of hydrogen-bond acceptors (Lipinski definition) is 2. The van der Waals surface area contributed by atoms with E-state index in [9.17, 15) is 4.79 Å². The van der Waals surface area contributed by atoms with Gasteiger partial charge in [0, 0.05) is 6.92 Å². The molecule has 0 aromatic heterocycles. The van der Waals surface area contributed by atoms with Gasteiger partial charge in [-0.3, -0.25) is 4.79 Å². The highest BCUT2D eigenvalue weighted by Crippen LogP contribution is 2.23. The zero-order chi connectivity index (χ0) is 13.5. The van der Waals surface area contributed by atoms with Gasteiger partial charge in [0.15, 0.2) is 0 Å². The SMILES string of the molecule is CC(=O)OC(C)(C)CCC(C)CCCC(C)C. The summed E-state index contributed by atoms with van der Waals surface area (Å²) in [4.78, 5) is 10.9. The third-order valence-electron chi connectivity index (χ3n) is 3.14. The largest absolute Gasteiger partial charge is 0.460 e. The van der Waals surface area contributed by atoms with E-state index in [0.29, 0.717) is 0 Å². The second-order valence-electron chi connectivity index (χ2n) is 6.32. The quantitative estimate of drug-likeness (QED) is 0.583. The first-order valence-electron chi connectivity index (χ1n) is 6.92. The molecule has 0 saturated heterocycles. The van der Waals surface area contributed by atoms with Crippen LogP contribution in [0, 0.1) is 11.8 Å². The van der Waals surface area contributed by atoms with Crippen molar-refractivity contribution in [2.45, 2.75) is 79.2 Å². The molecule has 0 aliphatic carbocycles. The predicted molar refractivity (Wildman–Crippen MR) is 72.9 cm³/mol. The fourth-order valence-corrected chi connectivity index (χ4v) is 2.05. The van der Waals surface area contributed by atoms with Gasteiger partial charge in [-0.15, -0.1) is 0 Å². The Balaban J connectivity index is 3.74. The molecule has 102 valence electrons. The monoisotopic (exact) mass is 242 g/mol. The van der Waals surface area contributed by atoms with E-state index in [1.54, 1.807) is 0 Å². The van der Waals surface area contributed by atoms with Gasteiger partial charge in [-0.2, -0.15) is 0 Å². The summed E-state index contributed by atoms with van der Waals surface area (Å²) in [5.74, 6) is 1.35. The molecule has 0 aliphatic heterocycles. The van der Waals surface area contributed by atoms with Crippen molar-refractivity contribution in [3.05, 3.63) is 0 Å². The Morgan fingerprint density at radius 3 is 2.18 bits per heavy atom. The van der Waals surface area contributed by atoms with Gasteiger partial charge in [-0.05, 0) is 38.5 Å². The summed E-state index contributed by atoms with van der Waals surface area (Å²) in [7, 11) is 0. The maximum Gasteiger partial charge on any atom is 0.303 e. The molecule has 1 atom stereocenters. The molecular weight excluding hydrogens is 212 g/mol. The summed E-state index contributed by atoms with van der Waals surface area (Å²) < 4.78 is 5.29. The van der Waals surface area contributed by atoms with Crippen molar-refractivity contribution < 1.29 is 9.53 Å². The summed E-state index contributed by atoms with van der Waals surface area (Å²) in [6.45, 7) is 12.3. The highest BCUT2D eigenvalue weighted by molar-refractivity contribution is 5.66. The average Bonchev–Trinajstić information content (AvgIpc) is 2.12. The van der Waals surface area contributed by atoms with Crippen LogP contribution in [0.3, 0.4) is 0 Å². The van der Waals surface area contributed by atoms with E-state index >= 15 is 0 Å². The van der Waals surface area contributed by atoms with Crippen molar-refractivity contribution >= 4 is 5.97 Å². The van der Waals surface area contributed by atoms with Gasteiger partial charge in [-0.25, -0.2) is 0 Å². The molecule has 0 spiro atoms. The van der Waals surface area contributed by atoms with Gasteiger partial charge >= 0.3 is 5.97 Å². The Labute approximate surface area is 107 Å². The maximum atomic E-state index is 10.9. The Hall–Kier alpha value is -0.530. The molecule has 0 rings (SSSR count). The Kier molecular flexibility index (Phi) is 7.49. The number of esters is 1. The standard InChI is InChI=1S/C15H30O2/c1-12(2)8-7-9-13(3)10-11-15(5,6)17-14(4)16/h12-13H,7-11H2,1-6H3. The van der Waals surface area contributed by atoms with Gasteiger partial charge in [0.25, 0.3) is 0 Å². The van der Waals surface area contributed by atoms with Gasteiger partial charge in [-0.1, -0.05) is 40.0 Å². The van der Waals surface area contributed by atoms with Gasteiger partial charge in [0.2, 0.25) is 0 Å². The first-order chi connectivity index (χ1) is 7.73. The zero-order valence-electron chi connectivity index (χ0n) is 12.5. The number of ether oxygens (including phenoxy) is 1. The van der Waals surface area contributed by atoms with Crippen LogP contribution < -0.4 is 0 Å². The lowest BCUT2D eigenvalue weighted by Crippen LogP contribution is -2.27. The molecule has 0 aromatic rings. The summed E-state index contributed by atoms with van der Waals surface area (Å²) in [5.41, 5.74) is -0.307. The Morgan fingerprint density at radius 1 is 1.12 bits per heavy atom. The third kappa shape index (κ3) is 10.3. The zero-order valence-corrected chi connectivity index (χ0v) is 12.5. The molecule has 0 bridgehead atoms. The lowest BCUT2D eigenvalue weighted by atomic mass is 9.91. The lowest BCUT2D eigenvalue weighted by Gasteiger charge is -2.26. The van der Waals surface area contributed by atoms with Crippen molar-refractivity contribution in [2.24, 2.45) is 11.8 Å². The van der Waals surface area contributed by atoms with Gasteiger partial charge in [0.05, 0.1) is 0 Å². The molecule has 0 N–H and O–H groups in total. The van der Waals surface area contributed by atoms with Crippen LogP contribution in [0.15, 0.2) is 0 Å². The molecule has 1 unspecified atom stereocenters. The summed E-state index contributed by atoms with van der Waals surface area (Å²) in [6.07, 6.45) is 6.01. The van der Waals surface area contributed by atoms with Crippen molar-refractivity contribution in [1.82, 2.24) is 0 Å². The van der Waals surface area contributed by atoms with Crippen LogP contribution in [0.5, 0.6) is 0 Å². The van der Waals surface area contributed by atoms with Crippen LogP contribution in [0.2, 0.25) is 0 Å². The first kappa shape index (κ1) is 16.5. The highest BCUT2D eigenvalue weighted by Gasteiger charge is 2.21. The van der Waals surface area contributed by atoms with Crippen LogP contribution in [-0.4, -0.2) is 11.6 Å². The first-order valence-corrected chi connectivity index (χ1v) is 6.92. The smallest absolute Gasteiger partial charge is 0.303 e. The topological polar surface area (TPSA) is 26.3 Å². The maximum absolute atomic E-state index is 10.9. The fourth-order valence-electron chi connectivity index (χ4n) is 2.05. The number of hydrogen-bond donors (Lipinski definition) is 0. The minimum absolute atomic E-state index is 0.178. The van der Waals surface area contributed by atoms with E-state index < -0.39 is 0 Å². The molecule has 0 aromatic carbocycles. The summed E-state index contributed by atoms with van der Waals surface area (Å²) >= 11 is 0. The molecule has 2 nitrogen and oxygen atoms in total.